The molecule has 3 aromatic carbocycles. The van der Waals surface area contributed by atoms with Crippen LogP contribution in [0, 0.1) is 6.92 Å². The third kappa shape index (κ3) is 5.49. The molecule has 0 fully saturated rings. The third-order valence-corrected chi connectivity index (χ3v) is 8.26. The molecule has 164 valence electrons. The van der Waals surface area contributed by atoms with Crippen LogP contribution in [0.25, 0.3) is 0 Å². The summed E-state index contributed by atoms with van der Waals surface area (Å²) in [7, 11) is 0.668. The molecule has 0 aliphatic carbocycles. The number of hydrogen-bond donors (Lipinski definition) is 0. The number of benzene rings is 3. The molecule has 31 heavy (non-hydrogen) atoms. The van der Waals surface area contributed by atoms with Gasteiger partial charge in [-0.05, 0) is 55.8 Å². The summed E-state index contributed by atoms with van der Waals surface area (Å²) in [6, 6.07) is 25.7. The second-order valence-electron chi connectivity index (χ2n) is 8.22. The maximum atomic E-state index is 6.35. The molecular weight excluding hydrogens is 397 g/mol. The fourth-order valence-electron chi connectivity index (χ4n) is 4.05. The number of nitrogens with zero attached hydrogens (tertiary/aromatic N) is 1. The Morgan fingerprint density at radius 1 is 0.839 bits per heavy atom. The topological polar surface area (TPSA) is 12.5 Å². The third-order valence-electron chi connectivity index (χ3n) is 6.18. The summed E-state index contributed by atoms with van der Waals surface area (Å²) in [5.41, 5.74) is 5.26. The Balaban J connectivity index is 1.95. The van der Waals surface area contributed by atoms with Crippen LogP contribution < -0.4 is 14.9 Å². The maximum Gasteiger partial charge on any atom is 0.123 e. The van der Waals surface area contributed by atoms with Gasteiger partial charge in [-0.25, -0.2) is 0 Å². The Morgan fingerprint density at radius 3 is 2.19 bits per heavy atom. The molecule has 3 rings (SSSR count). The monoisotopic (exact) mass is 433 g/mol. The first-order valence-corrected chi connectivity index (χ1v) is 12.4. The van der Waals surface area contributed by atoms with Gasteiger partial charge in [-0.1, -0.05) is 83.1 Å². The van der Waals surface area contributed by atoms with Gasteiger partial charge in [0.25, 0.3) is 0 Å². The predicted octanol–water partition coefficient (Wildman–Crippen LogP) is 7.05. The van der Waals surface area contributed by atoms with Crippen molar-refractivity contribution >= 4 is 19.6 Å². The summed E-state index contributed by atoms with van der Waals surface area (Å²) in [5, 5.41) is 1.50. The SMILES string of the molecule is CCN(CC)c1cccc(C)c1PC(C)(CC)c1ccccc1OCc1ccccc1. The Morgan fingerprint density at radius 2 is 1.52 bits per heavy atom. The van der Waals surface area contributed by atoms with Gasteiger partial charge < -0.3 is 9.64 Å². The lowest BCUT2D eigenvalue weighted by Crippen LogP contribution is -2.29. The average Bonchev–Trinajstić information content (AvgIpc) is 2.81. The smallest absolute Gasteiger partial charge is 0.123 e. The molecule has 2 unspecified atom stereocenters. The van der Waals surface area contributed by atoms with E-state index in [0.717, 1.165) is 25.3 Å². The zero-order valence-corrected chi connectivity index (χ0v) is 20.6. The van der Waals surface area contributed by atoms with Crippen molar-refractivity contribution < 1.29 is 4.74 Å². The number of anilines is 1. The first-order chi connectivity index (χ1) is 15.0. The number of para-hydroxylation sites is 1. The molecule has 2 nitrogen and oxygen atoms in total. The molecule has 0 N–H and O–H groups in total. The maximum absolute atomic E-state index is 6.35. The van der Waals surface area contributed by atoms with E-state index < -0.39 is 0 Å². The van der Waals surface area contributed by atoms with Crippen molar-refractivity contribution in [2.75, 3.05) is 18.0 Å². The minimum Gasteiger partial charge on any atom is -0.489 e. The molecule has 0 spiro atoms. The Hall–Kier alpha value is -2.31. The zero-order valence-electron chi connectivity index (χ0n) is 19.6. The van der Waals surface area contributed by atoms with Gasteiger partial charge in [0.05, 0.1) is 0 Å². The molecule has 0 saturated heterocycles. The van der Waals surface area contributed by atoms with E-state index in [0.29, 0.717) is 15.2 Å². The summed E-state index contributed by atoms with van der Waals surface area (Å²) >= 11 is 0. The molecule has 0 aliphatic rings. The Labute approximate surface area is 190 Å². The fraction of sp³-hybridized carbons (Fsp3) is 0.357. The van der Waals surface area contributed by atoms with Crippen LogP contribution >= 0.6 is 8.58 Å². The van der Waals surface area contributed by atoms with E-state index in [1.807, 2.05) is 6.07 Å². The molecule has 3 aromatic rings. The van der Waals surface area contributed by atoms with Crippen LogP contribution in [0.3, 0.4) is 0 Å². The van der Waals surface area contributed by atoms with E-state index in [1.165, 1.54) is 27.7 Å². The van der Waals surface area contributed by atoms with Crippen molar-refractivity contribution in [3.63, 3.8) is 0 Å². The fourth-order valence-corrected chi connectivity index (χ4v) is 5.77. The van der Waals surface area contributed by atoms with Crippen molar-refractivity contribution in [2.24, 2.45) is 0 Å². The van der Waals surface area contributed by atoms with Crippen LogP contribution in [0.2, 0.25) is 0 Å². The highest BCUT2D eigenvalue weighted by atomic mass is 31.1. The largest absolute Gasteiger partial charge is 0.489 e. The van der Waals surface area contributed by atoms with Gasteiger partial charge in [0, 0.05) is 29.5 Å². The van der Waals surface area contributed by atoms with Crippen LogP contribution in [-0.4, -0.2) is 13.1 Å². The lowest BCUT2D eigenvalue weighted by Gasteiger charge is -2.34. The van der Waals surface area contributed by atoms with E-state index in [4.69, 9.17) is 4.74 Å². The van der Waals surface area contributed by atoms with E-state index in [1.54, 1.807) is 0 Å². The van der Waals surface area contributed by atoms with Gasteiger partial charge >= 0.3 is 0 Å². The standard InChI is InChI=1S/C28H36NOP/c1-6-28(5,31-27-22(4)15-14-19-25(27)29(7-2)8-3)24-18-12-13-20-26(24)30-21-23-16-10-9-11-17-23/h9-20,31H,6-8,21H2,1-5H3. The van der Waals surface area contributed by atoms with Crippen molar-refractivity contribution in [3.8, 4) is 5.75 Å². The van der Waals surface area contributed by atoms with Crippen LogP contribution in [0.5, 0.6) is 5.75 Å². The predicted molar refractivity (Wildman–Crippen MR) is 138 cm³/mol. The Kier molecular flexibility index (Phi) is 8.15. The molecule has 0 bridgehead atoms. The van der Waals surface area contributed by atoms with Crippen molar-refractivity contribution in [1.29, 1.82) is 0 Å². The van der Waals surface area contributed by atoms with E-state index >= 15 is 0 Å². The first kappa shape index (κ1) is 23.4. The van der Waals surface area contributed by atoms with Crippen LogP contribution in [0.15, 0.2) is 72.8 Å². The molecule has 0 radical (unpaired) electrons. The summed E-state index contributed by atoms with van der Waals surface area (Å²) in [6.45, 7) is 14.1. The van der Waals surface area contributed by atoms with Gasteiger partial charge in [-0.3, -0.25) is 0 Å². The van der Waals surface area contributed by atoms with Gasteiger partial charge in [-0.2, -0.15) is 0 Å². The van der Waals surface area contributed by atoms with Crippen molar-refractivity contribution in [3.05, 3.63) is 89.5 Å². The number of aryl methyl sites for hydroxylation is 1. The highest BCUT2D eigenvalue weighted by Gasteiger charge is 2.30. The minimum atomic E-state index is 0.0152. The lowest BCUT2D eigenvalue weighted by molar-refractivity contribution is 0.300. The first-order valence-electron chi connectivity index (χ1n) is 11.4. The second-order valence-corrected chi connectivity index (χ2v) is 10.1. The summed E-state index contributed by atoms with van der Waals surface area (Å²) in [4.78, 5) is 2.48. The van der Waals surface area contributed by atoms with Crippen molar-refractivity contribution in [2.45, 2.75) is 52.8 Å². The molecule has 3 heteroatoms. The number of rotatable bonds is 10. The normalized spacial score (nSPS) is 13.3. The Bertz CT molecular complexity index is 968. The van der Waals surface area contributed by atoms with Gasteiger partial charge in [0.2, 0.25) is 0 Å². The minimum absolute atomic E-state index is 0.0152. The van der Waals surface area contributed by atoms with Gasteiger partial charge in [-0.15, -0.1) is 0 Å². The summed E-state index contributed by atoms with van der Waals surface area (Å²) < 4.78 is 6.35. The number of hydrogen-bond acceptors (Lipinski definition) is 2. The molecule has 0 heterocycles. The zero-order chi connectivity index (χ0) is 22.3. The quantitative estimate of drug-likeness (QED) is 0.318. The highest BCUT2D eigenvalue weighted by molar-refractivity contribution is 7.49. The summed E-state index contributed by atoms with van der Waals surface area (Å²) in [5.74, 6) is 1.00. The molecule has 2 atom stereocenters. The van der Waals surface area contributed by atoms with Crippen LogP contribution in [0.1, 0.15) is 50.8 Å². The highest BCUT2D eigenvalue weighted by Crippen LogP contribution is 2.48. The summed E-state index contributed by atoms with van der Waals surface area (Å²) in [6.07, 6.45) is 1.06. The van der Waals surface area contributed by atoms with Crippen molar-refractivity contribution in [1.82, 2.24) is 0 Å². The van der Waals surface area contributed by atoms with Crippen LogP contribution in [0.4, 0.5) is 5.69 Å². The van der Waals surface area contributed by atoms with E-state index in [9.17, 15) is 0 Å². The average molecular weight is 434 g/mol. The molecule has 0 aliphatic heterocycles. The second kappa shape index (κ2) is 10.8. The van der Waals surface area contributed by atoms with E-state index in [2.05, 4.69) is 106 Å². The van der Waals surface area contributed by atoms with Gasteiger partial charge in [0.1, 0.15) is 12.4 Å². The van der Waals surface area contributed by atoms with E-state index in [-0.39, 0.29) is 5.16 Å². The molecular formula is C28H36NOP. The van der Waals surface area contributed by atoms with Gasteiger partial charge in [0.15, 0.2) is 0 Å². The molecule has 0 saturated carbocycles. The lowest BCUT2D eigenvalue weighted by atomic mass is 9.96. The molecule has 0 amide bonds. The molecule has 0 aromatic heterocycles. The number of ether oxygens (including phenoxy) is 1. The van der Waals surface area contributed by atoms with Crippen LogP contribution in [-0.2, 0) is 11.8 Å².